The van der Waals surface area contributed by atoms with Gasteiger partial charge in [-0.3, -0.25) is 4.79 Å². The molecule has 1 aromatic heterocycles. The van der Waals surface area contributed by atoms with Crippen LogP contribution >= 0.6 is 23.2 Å². The van der Waals surface area contributed by atoms with Crippen molar-refractivity contribution in [3.63, 3.8) is 0 Å². The summed E-state index contributed by atoms with van der Waals surface area (Å²) in [6.45, 7) is 4.74. The van der Waals surface area contributed by atoms with E-state index < -0.39 is 5.97 Å². The van der Waals surface area contributed by atoms with E-state index >= 15 is 0 Å². The molecule has 0 bridgehead atoms. The van der Waals surface area contributed by atoms with Crippen molar-refractivity contribution in [1.82, 2.24) is 9.55 Å². The Labute approximate surface area is 227 Å². The third-order valence-electron chi connectivity index (χ3n) is 5.98. The Morgan fingerprint density at radius 2 is 1.70 bits per heavy atom. The van der Waals surface area contributed by atoms with Crippen LogP contribution < -0.4 is 4.74 Å². The SMILES string of the molecule is CCn1cc(-c2ccc(Cl)cc2Cl)nc1C=Cc1ccc(-c2ccc(OC(C)CCC(=O)O)cc2)cc1. The molecule has 0 saturated carbocycles. The van der Waals surface area contributed by atoms with Gasteiger partial charge in [0, 0.05) is 29.7 Å². The van der Waals surface area contributed by atoms with Crippen molar-refractivity contribution in [3.8, 4) is 28.1 Å². The van der Waals surface area contributed by atoms with Crippen LogP contribution in [0.25, 0.3) is 34.5 Å². The molecular weight excluding hydrogens is 507 g/mol. The number of imidazole rings is 1. The Bertz CT molecular complexity index is 1390. The lowest BCUT2D eigenvalue weighted by Gasteiger charge is -2.14. The van der Waals surface area contributed by atoms with Crippen molar-refractivity contribution in [2.24, 2.45) is 0 Å². The highest BCUT2D eigenvalue weighted by Gasteiger charge is 2.11. The van der Waals surface area contributed by atoms with E-state index in [1.807, 2.05) is 61.7 Å². The predicted molar refractivity (Wildman–Crippen MR) is 151 cm³/mol. The van der Waals surface area contributed by atoms with Crippen LogP contribution in [0.1, 0.15) is 38.1 Å². The first kappa shape index (κ1) is 26.5. The zero-order valence-corrected chi connectivity index (χ0v) is 22.2. The smallest absolute Gasteiger partial charge is 0.303 e. The van der Waals surface area contributed by atoms with Crippen LogP contribution in [0.4, 0.5) is 0 Å². The molecule has 3 aromatic carbocycles. The van der Waals surface area contributed by atoms with E-state index in [1.165, 1.54) is 0 Å². The van der Waals surface area contributed by atoms with E-state index in [4.69, 9.17) is 38.0 Å². The van der Waals surface area contributed by atoms with Gasteiger partial charge in [0.1, 0.15) is 11.6 Å². The number of hydrogen-bond donors (Lipinski definition) is 1. The fourth-order valence-electron chi connectivity index (χ4n) is 3.94. The van der Waals surface area contributed by atoms with Crippen LogP contribution in [-0.2, 0) is 11.3 Å². The Morgan fingerprint density at radius 1 is 1.03 bits per heavy atom. The molecule has 0 fully saturated rings. The number of halogens is 2. The quantitative estimate of drug-likeness (QED) is 0.222. The Morgan fingerprint density at radius 3 is 2.32 bits per heavy atom. The van der Waals surface area contributed by atoms with Gasteiger partial charge in [-0.2, -0.15) is 0 Å². The summed E-state index contributed by atoms with van der Waals surface area (Å²) in [5, 5.41) is 9.99. The lowest BCUT2D eigenvalue weighted by molar-refractivity contribution is -0.137. The fourth-order valence-corrected chi connectivity index (χ4v) is 4.45. The Kier molecular flexibility index (Phi) is 8.70. The van der Waals surface area contributed by atoms with Crippen molar-refractivity contribution < 1.29 is 14.6 Å². The summed E-state index contributed by atoms with van der Waals surface area (Å²) in [6.07, 6.45) is 6.46. The molecule has 190 valence electrons. The average Bonchev–Trinajstić information content (AvgIpc) is 3.30. The van der Waals surface area contributed by atoms with Crippen LogP contribution in [-0.4, -0.2) is 26.7 Å². The number of rotatable bonds is 10. The number of carboxylic acids is 1. The predicted octanol–water partition coefficient (Wildman–Crippen LogP) is 8.35. The van der Waals surface area contributed by atoms with E-state index in [0.717, 1.165) is 46.1 Å². The van der Waals surface area contributed by atoms with Crippen LogP contribution in [0.2, 0.25) is 10.0 Å². The van der Waals surface area contributed by atoms with Gasteiger partial charge in [-0.1, -0.05) is 65.7 Å². The molecule has 4 rings (SSSR count). The number of carbonyl (C=O) groups is 1. The molecule has 7 heteroatoms. The standard InChI is InChI=1S/C30H28Cl2N2O3/c1-3-34-19-28(26-15-12-24(31)18-27(26)32)33-29(34)16-7-21-5-8-22(9-6-21)23-10-13-25(14-11-23)37-20(2)4-17-30(35)36/h5-16,18-20H,3-4,17H2,1-2H3,(H,35,36). The molecule has 0 amide bonds. The second-order valence-corrected chi connectivity index (χ2v) is 9.58. The molecule has 0 saturated heterocycles. The third-order valence-corrected chi connectivity index (χ3v) is 6.53. The number of aromatic nitrogens is 2. The molecule has 0 aliphatic carbocycles. The zero-order valence-electron chi connectivity index (χ0n) is 20.7. The van der Waals surface area contributed by atoms with E-state index in [1.54, 1.807) is 6.07 Å². The summed E-state index contributed by atoms with van der Waals surface area (Å²) in [4.78, 5) is 15.5. The number of benzene rings is 3. The highest BCUT2D eigenvalue weighted by atomic mass is 35.5. The molecule has 0 aliphatic heterocycles. The van der Waals surface area contributed by atoms with E-state index in [-0.39, 0.29) is 12.5 Å². The number of hydrogen-bond acceptors (Lipinski definition) is 3. The maximum Gasteiger partial charge on any atom is 0.303 e. The average molecular weight is 535 g/mol. The maximum absolute atomic E-state index is 10.7. The second-order valence-electron chi connectivity index (χ2n) is 8.74. The summed E-state index contributed by atoms with van der Waals surface area (Å²) < 4.78 is 7.90. The van der Waals surface area contributed by atoms with Crippen LogP contribution in [0, 0.1) is 0 Å². The molecule has 0 aliphatic rings. The number of aliphatic carboxylic acids is 1. The lowest BCUT2D eigenvalue weighted by atomic mass is 10.0. The van der Waals surface area contributed by atoms with Gasteiger partial charge in [0.2, 0.25) is 0 Å². The highest BCUT2D eigenvalue weighted by molar-refractivity contribution is 6.36. The van der Waals surface area contributed by atoms with Gasteiger partial charge in [0.15, 0.2) is 0 Å². The number of aryl methyl sites for hydroxylation is 1. The number of carboxylic acid groups (broad SMARTS) is 1. The Hall–Kier alpha value is -3.54. The molecule has 1 atom stereocenters. The van der Waals surface area contributed by atoms with E-state index in [2.05, 4.69) is 35.8 Å². The van der Waals surface area contributed by atoms with Gasteiger partial charge in [0.25, 0.3) is 0 Å². The van der Waals surface area contributed by atoms with Gasteiger partial charge < -0.3 is 14.4 Å². The second kappa shape index (κ2) is 12.1. The van der Waals surface area contributed by atoms with Crippen molar-refractivity contribution in [2.45, 2.75) is 39.3 Å². The third kappa shape index (κ3) is 7.03. The minimum Gasteiger partial charge on any atom is -0.491 e. The first-order valence-corrected chi connectivity index (χ1v) is 12.9. The monoisotopic (exact) mass is 534 g/mol. The molecule has 0 spiro atoms. The van der Waals surface area contributed by atoms with Gasteiger partial charge in [0.05, 0.1) is 16.8 Å². The molecular formula is C30H28Cl2N2O3. The van der Waals surface area contributed by atoms with E-state index in [9.17, 15) is 4.79 Å². The minimum atomic E-state index is -0.813. The van der Waals surface area contributed by atoms with Gasteiger partial charge in [-0.15, -0.1) is 0 Å². The normalized spacial score (nSPS) is 12.1. The first-order chi connectivity index (χ1) is 17.8. The summed E-state index contributed by atoms with van der Waals surface area (Å²) in [5.41, 5.74) is 4.89. The summed E-state index contributed by atoms with van der Waals surface area (Å²) in [5.74, 6) is 0.764. The van der Waals surface area contributed by atoms with Crippen LogP contribution in [0.3, 0.4) is 0 Å². The van der Waals surface area contributed by atoms with Crippen molar-refractivity contribution >= 4 is 41.3 Å². The topological polar surface area (TPSA) is 64.4 Å². The maximum atomic E-state index is 10.7. The van der Waals surface area contributed by atoms with Crippen molar-refractivity contribution in [2.75, 3.05) is 0 Å². The summed E-state index contributed by atoms with van der Waals surface area (Å²) in [7, 11) is 0. The zero-order chi connectivity index (χ0) is 26.4. The molecule has 37 heavy (non-hydrogen) atoms. The summed E-state index contributed by atoms with van der Waals surface area (Å²) in [6, 6.07) is 21.6. The first-order valence-electron chi connectivity index (χ1n) is 12.1. The van der Waals surface area contributed by atoms with Gasteiger partial charge in [-0.25, -0.2) is 4.98 Å². The molecule has 4 aromatic rings. The van der Waals surface area contributed by atoms with Gasteiger partial charge >= 0.3 is 5.97 Å². The van der Waals surface area contributed by atoms with Crippen LogP contribution in [0.5, 0.6) is 5.75 Å². The van der Waals surface area contributed by atoms with Gasteiger partial charge in [-0.05, 0) is 73.4 Å². The van der Waals surface area contributed by atoms with Crippen LogP contribution in [0.15, 0.2) is 72.9 Å². The van der Waals surface area contributed by atoms with Crippen molar-refractivity contribution in [3.05, 3.63) is 94.4 Å². The van der Waals surface area contributed by atoms with Crippen molar-refractivity contribution in [1.29, 1.82) is 0 Å². The molecule has 0 radical (unpaired) electrons. The molecule has 1 heterocycles. The highest BCUT2D eigenvalue weighted by Crippen LogP contribution is 2.30. The minimum absolute atomic E-state index is 0.0955. The number of ether oxygens (including phenoxy) is 1. The molecule has 1 N–H and O–H groups in total. The summed E-state index contributed by atoms with van der Waals surface area (Å²) >= 11 is 12.4. The molecule has 5 nitrogen and oxygen atoms in total. The largest absolute Gasteiger partial charge is 0.491 e. The Balaban J connectivity index is 1.43. The molecule has 1 unspecified atom stereocenters. The van der Waals surface area contributed by atoms with E-state index in [0.29, 0.717) is 16.5 Å². The lowest BCUT2D eigenvalue weighted by Crippen LogP contribution is -2.13. The fraction of sp³-hybridized carbons (Fsp3) is 0.200. The number of nitrogens with zero attached hydrogens (tertiary/aromatic N) is 2.